The second-order valence-corrected chi connectivity index (χ2v) is 5.80. The van der Waals surface area contributed by atoms with E-state index in [1.165, 1.54) is 0 Å². The van der Waals surface area contributed by atoms with E-state index >= 15 is 0 Å². The smallest absolute Gasteiger partial charge is 0.232 e. The third-order valence-electron chi connectivity index (χ3n) is 3.90. The zero-order valence-electron chi connectivity index (χ0n) is 12.9. The molecule has 0 spiro atoms. The molecule has 2 nitrogen and oxygen atoms in total. The van der Waals surface area contributed by atoms with E-state index in [-0.39, 0.29) is 17.9 Å². The summed E-state index contributed by atoms with van der Waals surface area (Å²) in [6.45, 7) is 6.28. The summed E-state index contributed by atoms with van der Waals surface area (Å²) in [4.78, 5) is 12.7. The highest BCUT2D eigenvalue weighted by Crippen LogP contribution is 2.25. The molecular weight excluding hydrogens is 258 g/mol. The van der Waals surface area contributed by atoms with Gasteiger partial charge in [-0.05, 0) is 24.0 Å². The van der Waals surface area contributed by atoms with Gasteiger partial charge in [0.05, 0.1) is 5.92 Å². The highest BCUT2D eigenvalue weighted by Gasteiger charge is 2.24. The third-order valence-corrected chi connectivity index (χ3v) is 3.90. The van der Waals surface area contributed by atoms with E-state index in [2.05, 4.69) is 26.1 Å². The Bertz CT molecular complexity index is 523. The molecule has 0 radical (unpaired) electrons. The van der Waals surface area contributed by atoms with Gasteiger partial charge in [0, 0.05) is 6.04 Å². The maximum Gasteiger partial charge on any atom is 0.232 e. The number of nitrogens with one attached hydrogen (secondary N) is 1. The van der Waals surface area contributed by atoms with Crippen molar-refractivity contribution in [1.29, 1.82) is 0 Å². The minimum absolute atomic E-state index is 0.0635. The van der Waals surface area contributed by atoms with E-state index in [1.54, 1.807) is 0 Å². The van der Waals surface area contributed by atoms with Crippen LogP contribution in [0.15, 0.2) is 60.7 Å². The average Bonchev–Trinajstić information content (AvgIpc) is 2.49. The lowest BCUT2D eigenvalue weighted by Crippen LogP contribution is -2.39. The van der Waals surface area contributed by atoms with Crippen molar-refractivity contribution in [3.8, 4) is 0 Å². The Morgan fingerprint density at radius 3 is 1.62 bits per heavy atom. The van der Waals surface area contributed by atoms with Gasteiger partial charge in [0.25, 0.3) is 0 Å². The largest absolute Gasteiger partial charge is 0.353 e. The molecule has 1 N–H and O–H groups in total. The Morgan fingerprint density at radius 2 is 1.24 bits per heavy atom. The molecule has 0 unspecified atom stereocenters. The van der Waals surface area contributed by atoms with Crippen LogP contribution in [0.1, 0.15) is 37.8 Å². The summed E-state index contributed by atoms with van der Waals surface area (Å²) in [5.74, 6) is 0.225. The molecule has 0 heterocycles. The number of amides is 1. The van der Waals surface area contributed by atoms with Crippen molar-refractivity contribution in [1.82, 2.24) is 5.32 Å². The van der Waals surface area contributed by atoms with Gasteiger partial charge in [0.15, 0.2) is 0 Å². The summed E-state index contributed by atoms with van der Waals surface area (Å²) in [6, 6.07) is 20.1. The normalized spacial score (nSPS) is 12.4. The maximum absolute atomic E-state index is 12.7. The van der Waals surface area contributed by atoms with Crippen LogP contribution in [-0.4, -0.2) is 11.9 Å². The summed E-state index contributed by atoms with van der Waals surface area (Å²) >= 11 is 0. The van der Waals surface area contributed by atoms with Crippen molar-refractivity contribution < 1.29 is 4.79 Å². The number of carbonyl (C=O) groups excluding carboxylic acids is 1. The SMILES string of the molecule is CC(C)[C@@H](C)NC(=O)C(c1ccccc1)c1ccccc1. The first-order chi connectivity index (χ1) is 10.1. The van der Waals surface area contributed by atoms with Crippen LogP contribution < -0.4 is 5.32 Å². The molecule has 0 aromatic heterocycles. The third kappa shape index (κ3) is 3.94. The molecule has 2 aromatic carbocycles. The van der Waals surface area contributed by atoms with Gasteiger partial charge in [-0.15, -0.1) is 0 Å². The predicted octanol–water partition coefficient (Wildman–Crippen LogP) is 3.98. The summed E-state index contributed by atoms with van der Waals surface area (Å²) in [5.41, 5.74) is 2.05. The van der Waals surface area contributed by atoms with Gasteiger partial charge in [-0.2, -0.15) is 0 Å². The molecule has 0 aliphatic heterocycles. The summed E-state index contributed by atoms with van der Waals surface area (Å²) < 4.78 is 0. The molecule has 2 heteroatoms. The van der Waals surface area contributed by atoms with Gasteiger partial charge >= 0.3 is 0 Å². The molecule has 0 saturated carbocycles. The van der Waals surface area contributed by atoms with Crippen LogP contribution >= 0.6 is 0 Å². The molecule has 21 heavy (non-hydrogen) atoms. The van der Waals surface area contributed by atoms with Crippen molar-refractivity contribution in [2.75, 3.05) is 0 Å². The highest BCUT2D eigenvalue weighted by atomic mass is 16.1. The Labute approximate surface area is 127 Å². The lowest BCUT2D eigenvalue weighted by atomic mass is 9.90. The topological polar surface area (TPSA) is 29.1 Å². The fraction of sp³-hybridized carbons (Fsp3) is 0.316. The van der Waals surface area contributed by atoms with E-state index in [1.807, 2.05) is 60.7 Å². The van der Waals surface area contributed by atoms with Gasteiger partial charge in [-0.25, -0.2) is 0 Å². The molecule has 2 aromatic rings. The highest BCUT2D eigenvalue weighted by molar-refractivity contribution is 5.87. The molecule has 110 valence electrons. The molecule has 1 amide bonds. The van der Waals surface area contributed by atoms with Crippen molar-refractivity contribution in [2.24, 2.45) is 5.92 Å². The van der Waals surface area contributed by atoms with Crippen molar-refractivity contribution in [3.63, 3.8) is 0 Å². The lowest BCUT2D eigenvalue weighted by molar-refractivity contribution is -0.122. The van der Waals surface area contributed by atoms with Crippen LogP contribution in [0.3, 0.4) is 0 Å². The van der Waals surface area contributed by atoms with Gasteiger partial charge in [-0.1, -0.05) is 74.5 Å². The average molecular weight is 281 g/mol. The molecule has 0 aliphatic carbocycles. The summed E-state index contributed by atoms with van der Waals surface area (Å²) in [7, 11) is 0. The van der Waals surface area contributed by atoms with Gasteiger partial charge in [0.2, 0.25) is 5.91 Å². The minimum atomic E-state index is -0.256. The number of rotatable bonds is 5. The van der Waals surface area contributed by atoms with Crippen LogP contribution in [0.4, 0.5) is 0 Å². The van der Waals surface area contributed by atoms with Gasteiger partial charge < -0.3 is 5.32 Å². The zero-order valence-corrected chi connectivity index (χ0v) is 12.9. The first-order valence-electron chi connectivity index (χ1n) is 7.50. The maximum atomic E-state index is 12.7. The first kappa shape index (κ1) is 15.3. The van der Waals surface area contributed by atoms with Crippen LogP contribution in [0, 0.1) is 5.92 Å². The van der Waals surface area contributed by atoms with Crippen molar-refractivity contribution >= 4 is 5.91 Å². The summed E-state index contributed by atoms with van der Waals surface area (Å²) in [6.07, 6.45) is 0. The predicted molar refractivity (Wildman–Crippen MR) is 87.2 cm³/mol. The van der Waals surface area contributed by atoms with E-state index in [9.17, 15) is 4.79 Å². The van der Waals surface area contributed by atoms with Crippen molar-refractivity contribution in [3.05, 3.63) is 71.8 Å². The number of carbonyl (C=O) groups is 1. The standard InChI is InChI=1S/C19H23NO/c1-14(2)15(3)20-19(21)18(16-10-6-4-7-11-16)17-12-8-5-9-13-17/h4-15,18H,1-3H3,(H,20,21)/t15-/m1/s1. The van der Waals surface area contributed by atoms with E-state index in [0.29, 0.717) is 5.92 Å². The quantitative estimate of drug-likeness (QED) is 0.882. The monoisotopic (exact) mass is 281 g/mol. The van der Waals surface area contributed by atoms with Crippen LogP contribution in [0.2, 0.25) is 0 Å². The molecular formula is C19H23NO. The molecule has 0 aliphatic rings. The summed E-state index contributed by atoms with van der Waals surface area (Å²) in [5, 5.41) is 3.14. The molecule has 0 fully saturated rings. The fourth-order valence-electron chi connectivity index (χ4n) is 2.26. The van der Waals surface area contributed by atoms with Crippen LogP contribution in [-0.2, 0) is 4.79 Å². The molecule has 2 rings (SSSR count). The lowest BCUT2D eigenvalue weighted by Gasteiger charge is -2.23. The molecule has 0 saturated heterocycles. The van der Waals surface area contributed by atoms with Crippen LogP contribution in [0.5, 0.6) is 0 Å². The van der Waals surface area contributed by atoms with Crippen molar-refractivity contribution in [2.45, 2.75) is 32.7 Å². The van der Waals surface area contributed by atoms with Crippen LogP contribution in [0.25, 0.3) is 0 Å². The first-order valence-corrected chi connectivity index (χ1v) is 7.50. The second-order valence-electron chi connectivity index (χ2n) is 5.80. The van der Waals surface area contributed by atoms with E-state index in [0.717, 1.165) is 11.1 Å². The van der Waals surface area contributed by atoms with E-state index < -0.39 is 0 Å². The molecule has 1 atom stereocenters. The zero-order chi connectivity index (χ0) is 15.2. The van der Waals surface area contributed by atoms with E-state index in [4.69, 9.17) is 0 Å². The Hall–Kier alpha value is -2.09. The van der Waals surface area contributed by atoms with Gasteiger partial charge in [0.1, 0.15) is 0 Å². The number of benzene rings is 2. The van der Waals surface area contributed by atoms with Gasteiger partial charge in [-0.3, -0.25) is 4.79 Å². The Balaban J connectivity index is 2.31. The Kier molecular flexibility index (Phi) is 5.15. The number of hydrogen-bond acceptors (Lipinski definition) is 1. The molecule has 0 bridgehead atoms. The fourth-order valence-corrected chi connectivity index (χ4v) is 2.26. The number of hydrogen-bond donors (Lipinski definition) is 1. The Morgan fingerprint density at radius 1 is 0.810 bits per heavy atom. The second kappa shape index (κ2) is 7.07. The minimum Gasteiger partial charge on any atom is -0.353 e.